The zero-order valence-corrected chi connectivity index (χ0v) is 9.21. The summed E-state index contributed by atoms with van der Waals surface area (Å²) in [5.41, 5.74) is 3.90. The summed E-state index contributed by atoms with van der Waals surface area (Å²) in [6.45, 7) is 7.72. The lowest BCUT2D eigenvalue weighted by Gasteiger charge is -2.01. The highest BCUT2D eigenvalue weighted by atomic mass is 16.5. The maximum atomic E-state index is 5.23. The van der Waals surface area contributed by atoms with E-state index in [4.69, 9.17) is 4.74 Å². The SMILES string of the molecule is CCOC/C=C/c1ccc(C)cc1C. The second-order valence-electron chi connectivity index (χ2n) is 3.42. The van der Waals surface area contributed by atoms with Crippen LogP contribution >= 0.6 is 0 Å². The van der Waals surface area contributed by atoms with Crippen LogP contribution in [-0.4, -0.2) is 13.2 Å². The van der Waals surface area contributed by atoms with E-state index in [1.165, 1.54) is 16.7 Å². The fourth-order valence-corrected chi connectivity index (χ4v) is 1.37. The Labute approximate surface area is 86.4 Å². The average molecular weight is 190 g/mol. The van der Waals surface area contributed by atoms with Gasteiger partial charge in [0.25, 0.3) is 0 Å². The smallest absolute Gasteiger partial charge is 0.0650 e. The minimum absolute atomic E-state index is 0.698. The lowest BCUT2D eigenvalue weighted by molar-refractivity contribution is 0.178. The zero-order valence-electron chi connectivity index (χ0n) is 9.21. The first-order valence-corrected chi connectivity index (χ1v) is 5.05. The minimum Gasteiger partial charge on any atom is -0.378 e. The van der Waals surface area contributed by atoms with Crippen LogP contribution in [-0.2, 0) is 4.74 Å². The molecule has 0 saturated heterocycles. The standard InChI is InChI=1S/C13H18O/c1-4-14-9-5-6-13-8-7-11(2)10-12(13)3/h5-8,10H,4,9H2,1-3H3/b6-5+. The van der Waals surface area contributed by atoms with Crippen LogP contribution in [0.25, 0.3) is 6.08 Å². The predicted octanol–water partition coefficient (Wildman–Crippen LogP) is 3.35. The molecule has 0 radical (unpaired) electrons. The molecule has 0 atom stereocenters. The molecular weight excluding hydrogens is 172 g/mol. The van der Waals surface area contributed by atoms with Crippen molar-refractivity contribution < 1.29 is 4.74 Å². The normalized spacial score (nSPS) is 11.1. The van der Waals surface area contributed by atoms with Gasteiger partial charge in [-0.25, -0.2) is 0 Å². The number of aryl methyl sites for hydroxylation is 2. The molecule has 1 nitrogen and oxygen atoms in total. The molecule has 0 aliphatic heterocycles. The summed E-state index contributed by atoms with van der Waals surface area (Å²) in [5.74, 6) is 0. The predicted molar refractivity (Wildman–Crippen MR) is 61.4 cm³/mol. The second-order valence-corrected chi connectivity index (χ2v) is 3.42. The largest absolute Gasteiger partial charge is 0.378 e. The Balaban J connectivity index is 2.62. The summed E-state index contributed by atoms with van der Waals surface area (Å²) in [6.07, 6.45) is 4.17. The highest BCUT2D eigenvalue weighted by Gasteiger charge is 1.93. The van der Waals surface area contributed by atoms with E-state index in [1.54, 1.807) is 0 Å². The van der Waals surface area contributed by atoms with Crippen molar-refractivity contribution in [1.29, 1.82) is 0 Å². The van der Waals surface area contributed by atoms with E-state index >= 15 is 0 Å². The van der Waals surface area contributed by atoms with Crippen LogP contribution in [0.2, 0.25) is 0 Å². The Morgan fingerprint density at radius 2 is 2.07 bits per heavy atom. The molecule has 0 saturated carbocycles. The van der Waals surface area contributed by atoms with Crippen LogP contribution in [0.1, 0.15) is 23.6 Å². The first-order chi connectivity index (χ1) is 6.74. The summed E-state index contributed by atoms with van der Waals surface area (Å²) >= 11 is 0. The quantitative estimate of drug-likeness (QED) is 0.661. The molecule has 1 rings (SSSR count). The van der Waals surface area contributed by atoms with E-state index in [0.29, 0.717) is 6.61 Å². The minimum atomic E-state index is 0.698. The van der Waals surface area contributed by atoms with Gasteiger partial charge in [-0.2, -0.15) is 0 Å². The maximum absolute atomic E-state index is 5.23. The number of hydrogen-bond acceptors (Lipinski definition) is 1. The lowest BCUT2D eigenvalue weighted by atomic mass is 10.1. The van der Waals surface area contributed by atoms with E-state index in [2.05, 4.69) is 44.2 Å². The van der Waals surface area contributed by atoms with Crippen molar-refractivity contribution in [3.05, 3.63) is 41.0 Å². The molecule has 76 valence electrons. The molecule has 0 bridgehead atoms. The zero-order chi connectivity index (χ0) is 10.4. The van der Waals surface area contributed by atoms with Crippen molar-refractivity contribution in [2.75, 3.05) is 13.2 Å². The average Bonchev–Trinajstić information content (AvgIpc) is 2.15. The van der Waals surface area contributed by atoms with E-state index in [1.807, 2.05) is 6.92 Å². The van der Waals surface area contributed by atoms with Gasteiger partial charge >= 0.3 is 0 Å². The van der Waals surface area contributed by atoms with Crippen molar-refractivity contribution in [2.45, 2.75) is 20.8 Å². The third-order valence-electron chi connectivity index (χ3n) is 2.14. The molecule has 0 fully saturated rings. The summed E-state index contributed by atoms with van der Waals surface area (Å²) in [4.78, 5) is 0. The Morgan fingerprint density at radius 1 is 1.29 bits per heavy atom. The van der Waals surface area contributed by atoms with Gasteiger partial charge in [0, 0.05) is 6.61 Å². The van der Waals surface area contributed by atoms with Crippen molar-refractivity contribution in [3.8, 4) is 0 Å². The molecule has 0 N–H and O–H groups in total. The van der Waals surface area contributed by atoms with E-state index in [-0.39, 0.29) is 0 Å². The molecule has 1 aromatic rings. The lowest BCUT2D eigenvalue weighted by Crippen LogP contribution is -1.88. The summed E-state index contributed by atoms with van der Waals surface area (Å²) < 4.78 is 5.23. The third kappa shape index (κ3) is 3.35. The van der Waals surface area contributed by atoms with E-state index < -0.39 is 0 Å². The Kier molecular flexibility index (Phi) is 4.41. The molecular formula is C13H18O. The number of rotatable bonds is 4. The van der Waals surface area contributed by atoms with Gasteiger partial charge in [0.1, 0.15) is 0 Å². The number of benzene rings is 1. The van der Waals surface area contributed by atoms with Gasteiger partial charge in [-0.05, 0) is 31.9 Å². The van der Waals surface area contributed by atoms with Gasteiger partial charge in [-0.15, -0.1) is 0 Å². The molecule has 0 unspecified atom stereocenters. The van der Waals surface area contributed by atoms with Crippen LogP contribution in [0.5, 0.6) is 0 Å². The van der Waals surface area contributed by atoms with E-state index in [0.717, 1.165) is 6.61 Å². The third-order valence-corrected chi connectivity index (χ3v) is 2.14. The van der Waals surface area contributed by atoms with Crippen molar-refractivity contribution in [3.63, 3.8) is 0 Å². The van der Waals surface area contributed by atoms with Crippen molar-refractivity contribution in [2.24, 2.45) is 0 Å². The number of ether oxygens (including phenoxy) is 1. The Morgan fingerprint density at radius 3 is 2.71 bits per heavy atom. The highest BCUT2D eigenvalue weighted by Crippen LogP contribution is 2.11. The topological polar surface area (TPSA) is 9.23 Å². The molecule has 1 aromatic carbocycles. The fourth-order valence-electron chi connectivity index (χ4n) is 1.37. The molecule has 1 heteroatoms. The van der Waals surface area contributed by atoms with Crippen LogP contribution < -0.4 is 0 Å². The van der Waals surface area contributed by atoms with Gasteiger partial charge in [-0.1, -0.05) is 35.9 Å². The van der Waals surface area contributed by atoms with Gasteiger partial charge in [0.2, 0.25) is 0 Å². The summed E-state index contributed by atoms with van der Waals surface area (Å²) in [5, 5.41) is 0. The molecule has 14 heavy (non-hydrogen) atoms. The van der Waals surface area contributed by atoms with Crippen LogP contribution in [0, 0.1) is 13.8 Å². The molecule has 0 aliphatic carbocycles. The monoisotopic (exact) mass is 190 g/mol. The number of hydrogen-bond donors (Lipinski definition) is 0. The molecule has 0 spiro atoms. The van der Waals surface area contributed by atoms with Crippen LogP contribution in [0.3, 0.4) is 0 Å². The van der Waals surface area contributed by atoms with Crippen molar-refractivity contribution >= 4 is 6.08 Å². The van der Waals surface area contributed by atoms with Gasteiger partial charge in [-0.3, -0.25) is 0 Å². The first-order valence-electron chi connectivity index (χ1n) is 5.05. The fraction of sp³-hybridized carbons (Fsp3) is 0.385. The summed E-state index contributed by atoms with van der Waals surface area (Å²) in [6, 6.07) is 6.47. The van der Waals surface area contributed by atoms with Gasteiger partial charge in [0.05, 0.1) is 6.61 Å². The maximum Gasteiger partial charge on any atom is 0.0650 e. The molecule has 0 amide bonds. The second kappa shape index (κ2) is 5.61. The summed E-state index contributed by atoms with van der Waals surface area (Å²) in [7, 11) is 0. The van der Waals surface area contributed by atoms with Crippen molar-refractivity contribution in [1.82, 2.24) is 0 Å². The Hall–Kier alpha value is -1.08. The van der Waals surface area contributed by atoms with E-state index in [9.17, 15) is 0 Å². The Bertz CT molecular complexity index is 313. The molecule has 0 aliphatic rings. The molecule has 0 heterocycles. The van der Waals surface area contributed by atoms with Gasteiger partial charge < -0.3 is 4.74 Å². The first kappa shape index (κ1) is 11.0. The highest BCUT2D eigenvalue weighted by molar-refractivity contribution is 5.54. The van der Waals surface area contributed by atoms with Gasteiger partial charge in [0.15, 0.2) is 0 Å². The van der Waals surface area contributed by atoms with Crippen LogP contribution in [0.4, 0.5) is 0 Å². The van der Waals surface area contributed by atoms with Crippen LogP contribution in [0.15, 0.2) is 24.3 Å². The molecule has 0 aromatic heterocycles.